The molecule has 3 amide bonds. The zero-order valence-corrected chi connectivity index (χ0v) is 15.4. The number of ether oxygens (including phenoxy) is 1. The molecular weight excluding hydrogens is 378 g/mol. The minimum absolute atomic E-state index is 0.221. The Morgan fingerprint density at radius 2 is 1.79 bits per heavy atom. The van der Waals surface area contributed by atoms with Gasteiger partial charge in [0, 0.05) is 18.3 Å². The Kier molecular flexibility index (Phi) is 5.68. The molecule has 0 atom stereocenters. The smallest absolute Gasteiger partial charge is 0.326 e. The van der Waals surface area contributed by atoms with Gasteiger partial charge in [-0.1, -0.05) is 18.2 Å². The highest BCUT2D eigenvalue weighted by atomic mass is 16.5. The molecule has 2 N–H and O–H groups in total. The molecule has 148 valence electrons. The van der Waals surface area contributed by atoms with E-state index in [0.717, 1.165) is 4.90 Å². The van der Waals surface area contributed by atoms with Gasteiger partial charge in [-0.3, -0.25) is 28.9 Å². The van der Waals surface area contributed by atoms with Crippen LogP contribution in [-0.2, 0) is 19.1 Å². The lowest BCUT2D eigenvalue weighted by Crippen LogP contribution is -2.36. The molecule has 0 aromatic heterocycles. The van der Waals surface area contributed by atoms with Crippen LogP contribution in [0, 0.1) is 0 Å². The number of nitrogens with zero attached hydrogens (tertiary/aromatic N) is 1. The highest BCUT2D eigenvalue weighted by Crippen LogP contribution is 2.28. The van der Waals surface area contributed by atoms with Gasteiger partial charge in [0.25, 0.3) is 23.5 Å². The summed E-state index contributed by atoms with van der Waals surface area (Å²) in [6.07, 6.45) is 0. The Hall–Kier alpha value is -4.01. The Balaban J connectivity index is 1.55. The Labute approximate surface area is 165 Å². The van der Waals surface area contributed by atoms with E-state index in [1.165, 1.54) is 19.2 Å². The van der Waals surface area contributed by atoms with Crippen molar-refractivity contribution in [1.82, 2.24) is 5.32 Å². The minimum atomic E-state index is -0.836. The molecule has 0 saturated heterocycles. The fourth-order valence-corrected chi connectivity index (χ4v) is 2.81. The number of carbonyl (C=O) groups is 5. The van der Waals surface area contributed by atoms with Crippen molar-refractivity contribution in [3.63, 3.8) is 0 Å². The second-order valence-electron chi connectivity index (χ2n) is 6.11. The van der Waals surface area contributed by atoms with Gasteiger partial charge >= 0.3 is 5.97 Å². The molecule has 1 aliphatic heterocycles. The van der Waals surface area contributed by atoms with Crippen LogP contribution in [0.1, 0.15) is 20.7 Å². The predicted molar refractivity (Wildman–Crippen MR) is 103 cm³/mol. The van der Waals surface area contributed by atoms with E-state index in [9.17, 15) is 24.0 Å². The molecule has 3 rings (SSSR count). The molecule has 0 radical (unpaired) electrons. The number of fused-ring (bicyclic) bond motifs is 1. The summed E-state index contributed by atoms with van der Waals surface area (Å²) < 4.78 is 4.90. The first kappa shape index (κ1) is 19.7. The number of rotatable bonds is 6. The van der Waals surface area contributed by atoms with E-state index in [-0.39, 0.29) is 11.5 Å². The van der Waals surface area contributed by atoms with Crippen molar-refractivity contribution in [1.29, 1.82) is 0 Å². The van der Waals surface area contributed by atoms with Gasteiger partial charge in [0.2, 0.25) is 0 Å². The molecule has 0 saturated carbocycles. The first-order valence-electron chi connectivity index (χ1n) is 8.63. The summed E-state index contributed by atoms with van der Waals surface area (Å²) in [5, 5.41) is 4.98. The number of para-hydroxylation sites is 1. The first-order valence-corrected chi connectivity index (χ1v) is 8.63. The molecule has 0 aliphatic carbocycles. The second-order valence-corrected chi connectivity index (χ2v) is 6.11. The number of hydrogen-bond donors (Lipinski definition) is 2. The van der Waals surface area contributed by atoms with Crippen molar-refractivity contribution in [3.8, 4) is 0 Å². The highest BCUT2D eigenvalue weighted by molar-refractivity contribution is 6.52. The summed E-state index contributed by atoms with van der Waals surface area (Å²) in [7, 11) is 1.49. The van der Waals surface area contributed by atoms with Gasteiger partial charge in [-0.05, 0) is 30.3 Å². The predicted octanol–water partition coefficient (Wildman–Crippen LogP) is 0.757. The number of amides is 3. The molecule has 1 heterocycles. The van der Waals surface area contributed by atoms with Crippen molar-refractivity contribution in [3.05, 3.63) is 59.7 Å². The molecule has 2 aromatic carbocycles. The number of ketones is 1. The van der Waals surface area contributed by atoms with Crippen LogP contribution in [0.25, 0.3) is 0 Å². The number of esters is 1. The zero-order chi connectivity index (χ0) is 21.0. The van der Waals surface area contributed by atoms with Crippen LogP contribution >= 0.6 is 0 Å². The maximum absolute atomic E-state index is 12.0. The normalized spacial score (nSPS) is 12.4. The lowest BCUT2D eigenvalue weighted by Gasteiger charge is -2.15. The third-order valence-corrected chi connectivity index (χ3v) is 4.17. The van der Waals surface area contributed by atoms with Gasteiger partial charge in [0.1, 0.15) is 6.54 Å². The van der Waals surface area contributed by atoms with Crippen LogP contribution < -0.4 is 15.5 Å². The summed E-state index contributed by atoms with van der Waals surface area (Å²) in [4.78, 5) is 60.6. The maximum atomic E-state index is 12.0. The molecular formula is C20H17N3O6. The van der Waals surface area contributed by atoms with E-state index in [1.807, 2.05) is 0 Å². The van der Waals surface area contributed by atoms with Crippen LogP contribution in [0.5, 0.6) is 0 Å². The van der Waals surface area contributed by atoms with E-state index >= 15 is 0 Å². The van der Waals surface area contributed by atoms with Crippen molar-refractivity contribution < 1.29 is 28.7 Å². The van der Waals surface area contributed by atoms with Crippen molar-refractivity contribution in [2.24, 2.45) is 0 Å². The Bertz CT molecular complexity index is 1020. The lowest BCUT2D eigenvalue weighted by atomic mass is 10.1. The average molecular weight is 395 g/mol. The third kappa shape index (κ3) is 4.29. The summed E-state index contributed by atoms with van der Waals surface area (Å²) in [5.41, 5.74) is 1.27. The monoisotopic (exact) mass is 395 g/mol. The largest absolute Gasteiger partial charge is 0.454 e. The summed E-state index contributed by atoms with van der Waals surface area (Å²) in [5.74, 6) is -3.27. The van der Waals surface area contributed by atoms with Crippen LogP contribution in [-0.4, -0.2) is 49.7 Å². The van der Waals surface area contributed by atoms with E-state index in [2.05, 4.69) is 10.6 Å². The van der Waals surface area contributed by atoms with E-state index in [1.54, 1.807) is 36.4 Å². The topological polar surface area (TPSA) is 122 Å². The zero-order valence-electron chi connectivity index (χ0n) is 15.4. The highest BCUT2D eigenvalue weighted by Gasteiger charge is 2.36. The van der Waals surface area contributed by atoms with Crippen molar-refractivity contribution >= 4 is 40.8 Å². The quantitative estimate of drug-likeness (QED) is 0.550. The van der Waals surface area contributed by atoms with Crippen molar-refractivity contribution in [2.75, 3.05) is 30.4 Å². The summed E-state index contributed by atoms with van der Waals surface area (Å²) >= 11 is 0. The number of hydrogen-bond acceptors (Lipinski definition) is 6. The molecule has 9 heteroatoms. The van der Waals surface area contributed by atoms with Gasteiger partial charge in [-0.25, -0.2) is 0 Å². The van der Waals surface area contributed by atoms with E-state index in [0.29, 0.717) is 16.9 Å². The number of carbonyl (C=O) groups excluding carboxylic acids is 5. The number of Topliss-reactive ketones (excluding diaryl/α,β-unsaturated/α-hetero) is 1. The fraction of sp³-hybridized carbons (Fsp3) is 0.150. The maximum Gasteiger partial charge on any atom is 0.326 e. The Morgan fingerprint density at radius 3 is 2.55 bits per heavy atom. The number of nitrogens with one attached hydrogen (secondary N) is 2. The third-order valence-electron chi connectivity index (χ3n) is 4.17. The van der Waals surface area contributed by atoms with Gasteiger partial charge in [-0.15, -0.1) is 0 Å². The van der Waals surface area contributed by atoms with Crippen molar-refractivity contribution in [2.45, 2.75) is 0 Å². The SMILES string of the molecule is CNC(=O)c1cccc(NC(=O)COC(=O)CN2C(=O)C(=O)c3ccccc32)c1. The summed E-state index contributed by atoms with van der Waals surface area (Å²) in [6, 6.07) is 12.6. The van der Waals surface area contributed by atoms with E-state index < -0.39 is 36.7 Å². The number of benzene rings is 2. The molecule has 29 heavy (non-hydrogen) atoms. The van der Waals surface area contributed by atoms with Crippen LogP contribution in [0.15, 0.2) is 48.5 Å². The van der Waals surface area contributed by atoms with Gasteiger partial charge < -0.3 is 15.4 Å². The molecule has 0 unspecified atom stereocenters. The number of anilines is 2. The van der Waals surface area contributed by atoms with Gasteiger partial charge in [0.15, 0.2) is 6.61 Å². The standard InChI is InChI=1S/C20H17N3O6/c1-21-19(27)12-5-4-6-13(9-12)22-16(24)11-29-17(25)10-23-15-8-3-2-7-14(15)18(26)20(23)28/h2-9H,10-11H2,1H3,(H,21,27)(H,22,24). The minimum Gasteiger partial charge on any atom is -0.454 e. The fourth-order valence-electron chi connectivity index (χ4n) is 2.81. The second kappa shape index (κ2) is 8.34. The first-order chi connectivity index (χ1) is 13.9. The molecule has 0 spiro atoms. The lowest BCUT2D eigenvalue weighted by molar-refractivity contribution is -0.146. The molecule has 9 nitrogen and oxygen atoms in total. The van der Waals surface area contributed by atoms with E-state index in [4.69, 9.17) is 4.74 Å². The molecule has 0 fully saturated rings. The van der Waals surface area contributed by atoms with Gasteiger partial charge in [0.05, 0.1) is 11.3 Å². The van der Waals surface area contributed by atoms with Crippen LogP contribution in [0.2, 0.25) is 0 Å². The summed E-state index contributed by atoms with van der Waals surface area (Å²) in [6.45, 7) is -1.07. The van der Waals surface area contributed by atoms with Crippen LogP contribution in [0.3, 0.4) is 0 Å². The molecule has 2 aromatic rings. The van der Waals surface area contributed by atoms with Gasteiger partial charge in [-0.2, -0.15) is 0 Å². The Morgan fingerprint density at radius 1 is 1.03 bits per heavy atom. The molecule has 1 aliphatic rings. The average Bonchev–Trinajstić information content (AvgIpc) is 2.97. The van der Waals surface area contributed by atoms with Crippen LogP contribution in [0.4, 0.5) is 11.4 Å². The molecule has 0 bridgehead atoms.